The number of esters is 1. The minimum atomic E-state index is -3.62. The number of sulfonamides is 1. The van der Waals surface area contributed by atoms with E-state index in [4.69, 9.17) is 9.84 Å². The molecule has 20 heavy (non-hydrogen) atoms. The highest BCUT2D eigenvalue weighted by Gasteiger charge is 2.37. The highest BCUT2D eigenvalue weighted by molar-refractivity contribution is 7.89. The van der Waals surface area contributed by atoms with Crippen molar-refractivity contribution in [3.05, 3.63) is 0 Å². The second-order valence-corrected chi connectivity index (χ2v) is 6.73. The number of rotatable bonds is 7. The third-order valence-corrected chi connectivity index (χ3v) is 5.12. The molecule has 0 aromatic rings. The first-order valence-electron chi connectivity index (χ1n) is 6.76. The molecule has 0 spiro atoms. The van der Waals surface area contributed by atoms with Crippen LogP contribution in [0.25, 0.3) is 0 Å². The molecule has 1 N–H and O–H groups in total. The van der Waals surface area contributed by atoms with Crippen LogP contribution in [-0.4, -0.2) is 54.7 Å². The monoisotopic (exact) mass is 307 g/mol. The van der Waals surface area contributed by atoms with Crippen LogP contribution in [0.2, 0.25) is 0 Å². The predicted octanol–water partition coefficient (Wildman–Crippen LogP) is 0.599. The standard InChI is InChI=1S/C12H21NO6S/c1-2-19-12(16)10-6-3-4-8-13(10)20(17,18)9-5-7-11(14)15/h10H,2-9H2,1H3,(H,14,15). The summed E-state index contributed by atoms with van der Waals surface area (Å²) >= 11 is 0. The molecule has 1 aliphatic rings. The highest BCUT2D eigenvalue weighted by atomic mass is 32.2. The fraction of sp³-hybridized carbons (Fsp3) is 0.833. The van der Waals surface area contributed by atoms with E-state index in [9.17, 15) is 18.0 Å². The number of ether oxygens (including phenoxy) is 1. The Bertz CT molecular complexity index is 447. The predicted molar refractivity (Wildman–Crippen MR) is 71.6 cm³/mol. The van der Waals surface area contributed by atoms with Gasteiger partial charge in [-0.25, -0.2) is 8.42 Å². The molecule has 0 bridgehead atoms. The Hall–Kier alpha value is -1.15. The first-order chi connectivity index (χ1) is 9.38. The van der Waals surface area contributed by atoms with Gasteiger partial charge in [-0.05, 0) is 32.6 Å². The molecule has 1 heterocycles. The van der Waals surface area contributed by atoms with Crippen LogP contribution in [0, 0.1) is 0 Å². The fourth-order valence-electron chi connectivity index (χ4n) is 2.24. The molecule has 116 valence electrons. The number of aliphatic carboxylic acids is 1. The second kappa shape index (κ2) is 7.58. The van der Waals surface area contributed by atoms with Crippen molar-refractivity contribution in [1.29, 1.82) is 0 Å². The van der Waals surface area contributed by atoms with E-state index in [-0.39, 0.29) is 25.2 Å². The average molecular weight is 307 g/mol. The summed E-state index contributed by atoms with van der Waals surface area (Å²) in [4.78, 5) is 22.3. The number of hydrogen-bond donors (Lipinski definition) is 1. The molecule has 7 nitrogen and oxygen atoms in total. The minimum Gasteiger partial charge on any atom is -0.481 e. The average Bonchev–Trinajstić information content (AvgIpc) is 2.38. The summed E-state index contributed by atoms with van der Waals surface area (Å²) in [6, 6.07) is -0.765. The number of carboxylic acid groups (broad SMARTS) is 1. The Balaban J connectivity index is 2.72. The summed E-state index contributed by atoms with van der Waals surface area (Å²) in [5, 5.41) is 8.55. The number of carbonyl (C=O) groups excluding carboxylic acids is 1. The maximum absolute atomic E-state index is 12.2. The van der Waals surface area contributed by atoms with Crippen molar-refractivity contribution in [3.63, 3.8) is 0 Å². The zero-order valence-electron chi connectivity index (χ0n) is 11.6. The highest BCUT2D eigenvalue weighted by Crippen LogP contribution is 2.22. The summed E-state index contributed by atoms with van der Waals surface area (Å²) in [5.74, 6) is -1.80. The van der Waals surface area contributed by atoms with Crippen LogP contribution in [0.5, 0.6) is 0 Å². The molecule has 0 saturated carbocycles. The summed E-state index contributed by atoms with van der Waals surface area (Å²) in [5.41, 5.74) is 0. The SMILES string of the molecule is CCOC(=O)C1CCCCN1S(=O)(=O)CCCC(=O)O. The normalized spacial score (nSPS) is 20.6. The Morgan fingerprint density at radius 3 is 2.65 bits per heavy atom. The largest absolute Gasteiger partial charge is 0.481 e. The summed E-state index contributed by atoms with van der Waals surface area (Å²) in [6.07, 6.45) is 1.79. The van der Waals surface area contributed by atoms with Crippen LogP contribution >= 0.6 is 0 Å². The van der Waals surface area contributed by atoms with Crippen LogP contribution in [0.4, 0.5) is 0 Å². The molecule has 1 fully saturated rings. The van der Waals surface area contributed by atoms with Crippen molar-refractivity contribution in [2.45, 2.75) is 45.1 Å². The number of carbonyl (C=O) groups is 2. The zero-order valence-corrected chi connectivity index (χ0v) is 12.4. The molecule has 1 rings (SSSR count). The van der Waals surface area contributed by atoms with Gasteiger partial charge >= 0.3 is 11.9 Å². The maximum atomic E-state index is 12.2. The van der Waals surface area contributed by atoms with Gasteiger partial charge in [0.2, 0.25) is 10.0 Å². The molecular weight excluding hydrogens is 286 g/mol. The van der Waals surface area contributed by atoms with Gasteiger partial charge < -0.3 is 9.84 Å². The van der Waals surface area contributed by atoms with E-state index in [1.807, 2.05) is 0 Å². The van der Waals surface area contributed by atoms with E-state index in [2.05, 4.69) is 0 Å². The van der Waals surface area contributed by atoms with Crippen molar-refractivity contribution in [2.24, 2.45) is 0 Å². The van der Waals surface area contributed by atoms with Gasteiger partial charge in [0.15, 0.2) is 0 Å². The van der Waals surface area contributed by atoms with Crippen LogP contribution in [0.15, 0.2) is 0 Å². The van der Waals surface area contributed by atoms with E-state index < -0.39 is 28.0 Å². The van der Waals surface area contributed by atoms with Gasteiger partial charge in [0.1, 0.15) is 6.04 Å². The summed E-state index contributed by atoms with van der Waals surface area (Å²) in [6.45, 7) is 2.17. The van der Waals surface area contributed by atoms with Gasteiger partial charge in [-0.15, -0.1) is 0 Å². The fourth-order valence-corrected chi connectivity index (χ4v) is 3.97. The Morgan fingerprint density at radius 2 is 2.05 bits per heavy atom. The van der Waals surface area contributed by atoms with Crippen molar-refractivity contribution >= 4 is 22.0 Å². The Kier molecular flexibility index (Phi) is 6.41. The molecule has 1 unspecified atom stereocenters. The van der Waals surface area contributed by atoms with Crippen LogP contribution in [0.3, 0.4) is 0 Å². The zero-order chi connectivity index (χ0) is 15.2. The van der Waals surface area contributed by atoms with Crippen molar-refractivity contribution in [3.8, 4) is 0 Å². The van der Waals surface area contributed by atoms with Crippen LogP contribution in [0.1, 0.15) is 39.0 Å². The third kappa shape index (κ3) is 4.75. The quantitative estimate of drug-likeness (QED) is 0.691. The van der Waals surface area contributed by atoms with Gasteiger partial charge in [-0.3, -0.25) is 9.59 Å². The van der Waals surface area contributed by atoms with Crippen molar-refractivity contribution in [1.82, 2.24) is 4.31 Å². The summed E-state index contributed by atoms with van der Waals surface area (Å²) < 4.78 is 30.5. The number of hydrogen-bond acceptors (Lipinski definition) is 5. The van der Waals surface area contributed by atoms with Crippen molar-refractivity contribution < 1.29 is 27.9 Å². The van der Waals surface area contributed by atoms with Crippen LogP contribution in [-0.2, 0) is 24.3 Å². The van der Waals surface area contributed by atoms with E-state index in [0.29, 0.717) is 19.4 Å². The molecular formula is C12H21NO6S. The molecule has 1 saturated heterocycles. The molecule has 0 aliphatic carbocycles. The third-order valence-electron chi connectivity index (χ3n) is 3.16. The van der Waals surface area contributed by atoms with Gasteiger partial charge in [-0.2, -0.15) is 4.31 Å². The van der Waals surface area contributed by atoms with Gasteiger partial charge in [0, 0.05) is 13.0 Å². The maximum Gasteiger partial charge on any atom is 0.324 e. The van der Waals surface area contributed by atoms with E-state index >= 15 is 0 Å². The van der Waals surface area contributed by atoms with E-state index in [1.165, 1.54) is 4.31 Å². The smallest absolute Gasteiger partial charge is 0.324 e. The molecule has 1 atom stereocenters. The molecule has 0 amide bonds. The Labute approximate surface area is 118 Å². The second-order valence-electron chi connectivity index (χ2n) is 4.69. The van der Waals surface area contributed by atoms with E-state index in [1.54, 1.807) is 6.92 Å². The lowest BCUT2D eigenvalue weighted by Crippen LogP contribution is -2.49. The number of nitrogens with zero attached hydrogens (tertiary/aromatic N) is 1. The lowest BCUT2D eigenvalue weighted by molar-refractivity contribution is -0.148. The lowest BCUT2D eigenvalue weighted by Gasteiger charge is -2.32. The van der Waals surface area contributed by atoms with Crippen LogP contribution < -0.4 is 0 Å². The molecule has 0 radical (unpaired) electrons. The molecule has 1 aliphatic heterocycles. The first-order valence-corrected chi connectivity index (χ1v) is 8.37. The molecule has 0 aromatic carbocycles. The lowest BCUT2D eigenvalue weighted by atomic mass is 10.1. The Morgan fingerprint density at radius 1 is 1.35 bits per heavy atom. The van der Waals surface area contributed by atoms with Gasteiger partial charge in [0.25, 0.3) is 0 Å². The van der Waals surface area contributed by atoms with Crippen molar-refractivity contribution in [2.75, 3.05) is 18.9 Å². The van der Waals surface area contributed by atoms with E-state index in [0.717, 1.165) is 6.42 Å². The minimum absolute atomic E-state index is 0.0453. The topological polar surface area (TPSA) is 101 Å². The number of piperidine rings is 1. The van der Waals surface area contributed by atoms with Gasteiger partial charge in [-0.1, -0.05) is 0 Å². The number of carboxylic acids is 1. The molecule has 8 heteroatoms. The summed E-state index contributed by atoms with van der Waals surface area (Å²) in [7, 11) is -3.62. The van der Waals surface area contributed by atoms with Gasteiger partial charge in [0.05, 0.1) is 12.4 Å². The molecule has 0 aromatic heterocycles. The first kappa shape index (κ1) is 16.9.